The van der Waals surface area contributed by atoms with Gasteiger partial charge in [0.2, 0.25) is 0 Å². The molecule has 0 aliphatic heterocycles. The van der Waals surface area contributed by atoms with Gasteiger partial charge in [-0.3, -0.25) is 0 Å². The first-order valence-electron chi connectivity index (χ1n) is 15.5. The summed E-state index contributed by atoms with van der Waals surface area (Å²) >= 11 is 0. The van der Waals surface area contributed by atoms with E-state index in [9.17, 15) is 0 Å². The molecule has 198 valence electrons. The van der Waals surface area contributed by atoms with Gasteiger partial charge in [-0.05, 0) is 128 Å². The Bertz CT molecular complexity index is 872. The second kappa shape index (κ2) is 10.9. The van der Waals surface area contributed by atoms with Gasteiger partial charge in [0.05, 0.1) is 6.10 Å². The summed E-state index contributed by atoms with van der Waals surface area (Å²) in [4.78, 5) is 0. The van der Waals surface area contributed by atoms with Gasteiger partial charge in [0.1, 0.15) is 0 Å². The third kappa shape index (κ3) is 5.07. The fourth-order valence-corrected chi connectivity index (χ4v) is 10.0. The summed E-state index contributed by atoms with van der Waals surface area (Å²) in [5.74, 6) is 6.49. The van der Waals surface area contributed by atoms with E-state index in [-0.39, 0.29) is 0 Å². The van der Waals surface area contributed by atoms with E-state index >= 15 is 0 Å². The van der Waals surface area contributed by atoms with E-state index < -0.39 is 0 Å². The van der Waals surface area contributed by atoms with Gasteiger partial charge in [0.25, 0.3) is 0 Å². The minimum atomic E-state index is 0.350. The first-order chi connectivity index (χ1) is 17.3. The van der Waals surface area contributed by atoms with E-state index in [4.69, 9.17) is 4.74 Å². The second-order valence-electron chi connectivity index (χ2n) is 14.3. The molecule has 1 heteroatoms. The SMILES string of the molecule is CC(C)CCC[C@@H](C)[C@H]1CCC2C3CCC4CC(O[C]=Cc5cc[c]cc5)CC[C@]4(C)C3CC[C@@]21C. The van der Waals surface area contributed by atoms with Crippen molar-refractivity contribution in [2.45, 2.75) is 118 Å². The summed E-state index contributed by atoms with van der Waals surface area (Å²) in [6, 6.07) is 11.1. The van der Waals surface area contributed by atoms with Gasteiger partial charge in [0, 0.05) is 0 Å². The molecular formula is C35H52O. The highest BCUT2D eigenvalue weighted by molar-refractivity contribution is 5.45. The average molecular weight is 489 g/mol. The Morgan fingerprint density at radius 1 is 0.944 bits per heavy atom. The van der Waals surface area contributed by atoms with Crippen molar-refractivity contribution in [3.05, 3.63) is 42.2 Å². The molecule has 0 saturated heterocycles. The molecule has 1 nitrogen and oxygen atoms in total. The zero-order valence-electron chi connectivity index (χ0n) is 23.9. The van der Waals surface area contributed by atoms with Gasteiger partial charge in [0.15, 0.2) is 6.26 Å². The number of ether oxygens (including phenoxy) is 1. The summed E-state index contributed by atoms with van der Waals surface area (Å²) in [5, 5.41) is 0. The predicted octanol–water partition coefficient (Wildman–Crippen LogP) is 9.77. The molecule has 4 aliphatic carbocycles. The van der Waals surface area contributed by atoms with Gasteiger partial charge in [-0.25, -0.2) is 0 Å². The molecule has 4 fully saturated rings. The summed E-state index contributed by atoms with van der Waals surface area (Å²) in [6.45, 7) is 12.8. The lowest BCUT2D eigenvalue weighted by molar-refractivity contribution is -0.131. The standard InChI is InChI=1S/C35H52O/c1-25(2)10-9-11-26(3)31-16-17-32-30-15-14-28-24-29(36-23-20-27-12-7-6-8-13-27)18-21-34(28,4)33(30)19-22-35(31,32)5/h7-8,12-13,20,25-26,28-33H,9-11,14-19,21-22,24H2,1-5H3/t26-,28?,29?,30?,31-,32?,33?,34+,35-/m1/s1. The average Bonchev–Trinajstić information content (AvgIpc) is 3.22. The fourth-order valence-electron chi connectivity index (χ4n) is 10.0. The summed E-state index contributed by atoms with van der Waals surface area (Å²) in [6.07, 6.45) is 22.5. The molecule has 1 aromatic carbocycles. The molecule has 9 atom stereocenters. The maximum atomic E-state index is 6.17. The lowest BCUT2D eigenvalue weighted by Gasteiger charge is -2.61. The van der Waals surface area contributed by atoms with Crippen LogP contribution in [0.4, 0.5) is 0 Å². The van der Waals surface area contributed by atoms with Gasteiger partial charge in [-0.1, -0.05) is 78.1 Å². The lowest BCUT2D eigenvalue weighted by Crippen LogP contribution is -2.54. The largest absolute Gasteiger partial charge is 0.487 e. The highest BCUT2D eigenvalue weighted by atomic mass is 16.5. The minimum absolute atomic E-state index is 0.350. The third-order valence-corrected chi connectivity index (χ3v) is 12.0. The Balaban J connectivity index is 1.20. The van der Waals surface area contributed by atoms with Crippen molar-refractivity contribution in [1.82, 2.24) is 0 Å². The summed E-state index contributed by atoms with van der Waals surface area (Å²) in [7, 11) is 0. The van der Waals surface area contributed by atoms with Crippen LogP contribution in [0.25, 0.3) is 6.08 Å². The zero-order valence-corrected chi connectivity index (χ0v) is 23.9. The van der Waals surface area contributed by atoms with Crippen LogP contribution in [0.1, 0.15) is 117 Å². The Morgan fingerprint density at radius 2 is 1.69 bits per heavy atom. The van der Waals surface area contributed by atoms with E-state index in [1.807, 2.05) is 18.2 Å². The molecule has 0 spiro atoms. The lowest BCUT2D eigenvalue weighted by atomic mass is 9.44. The molecule has 0 N–H and O–H groups in total. The smallest absolute Gasteiger partial charge is 0.162 e. The van der Waals surface area contributed by atoms with Crippen LogP contribution in [0.3, 0.4) is 0 Å². The van der Waals surface area contributed by atoms with Crippen LogP contribution in [-0.2, 0) is 4.74 Å². The fraction of sp³-hybridized carbons (Fsp3) is 0.771. The number of fused-ring (bicyclic) bond motifs is 5. The van der Waals surface area contributed by atoms with E-state index in [0.29, 0.717) is 16.9 Å². The Hall–Kier alpha value is -1.24. The van der Waals surface area contributed by atoms with Crippen LogP contribution in [0.15, 0.2) is 24.3 Å². The molecular weight excluding hydrogens is 436 g/mol. The molecule has 1 aromatic rings. The molecule has 5 rings (SSSR count). The molecule has 2 radical (unpaired) electrons. The first kappa shape index (κ1) is 26.4. The van der Waals surface area contributed by atoms with Crippen molar-refractivity contribution in [1.29, 1.82) is 0 Å². The van der Waals surface area contributed by atoms with Crippen LogP contribution in [0, 0.1) is 64.6 Å². The predicted molar refractivity (Wildman–Crippen MR) is 151 cm³/mol. The van der Waals surface area contributed by atoms with Crippen molar-refractivity contribution in [2.24, 2.45) is 52.3 Å². The van der Waals surface area contributed by atoms with Crippen LogP contribution < -0.4 is 0 Å². The van der Waals surface area contributed by atoms with E-state index in [0.717, 1.165) is 47.0 Å². The van der Waals surface area contributed by atoms with Gasteiger partial charge < -0.3 is 4.74 Å². The monoisotopic (exact) mass is 488 g/mol. The molecule has 5 unspecified atom stereocenters. The quantitative estimate of drug-likeness (QED) is 0.331. The van der Waals surface area contributed by atoms with E-state index in [1.54, 1.807) is 0 Å². The molecule has 0 heterocycles. The summed E-state index contributed by atoms with van der Waals surface area (Å²) in [5.41, 5.74) is 2.28. The maximum absolute atomic E-state index is 6.17. The van der Waals surface area contributed by atoms with Crippen LogP contribution in [-0.4, -0.2) is 6.10 Å². The van der Waals surface area contributed by atoms with Crippen molar-refractivity contribution < 1.29 is 4.74 Å². The van der Waals surface area contributed by atoms with Gasteiger partial charge in [-0.15, -0.1) is 0 Å². The molecule has 4 saturated carbocycles. The van der Waals surface area contributed by atoms with Crippen molar-refractivity contribution in [3.63, 3.8) is 0 Å². The topological polar surface area (TPSA) is 9.23 Å². The zero-order chi connectivity index (χ0) is 25.3. The Labute approximate surface area is 222 Å². The van der Waals surface area contributed by atoms with Crippen LogP contribution >= 0.6 is 0 Å². The maximum Gasteiger partial charge on any atom is 0.162 e. The molecule has 0 amide bonds. The van der Waals surface area contributed by atoms with Gasteiger partial charge >= 0.3 is 0 Å². The van der Waals surface area contributed by atoms with E-state index in [2.05, 4.69) is 59.1 Å². The van der Waals surface area contributed by atoms with Crippen molar-refractivity contribution >= 4 is 6.08 Å². The van der Waals surface area contributed by atoms with Crippen molar-refractivity contribution in [2.75, 3.05) is 0 Å². The summed E-state index contributed by atoms with van der Waals surface area (Å²) < 4.78 is 6.17. The van der Waals surface area contributed by atoms with E-state index in [1.165, 1.54) is 77.0 Å². The second-order valence-corrected chi connectivity index (χ2v) is 14.3. The van der Waals surface area contributed by atoms with Gasteiger partial charge in [-0.2, -0.15) is 0 Å². The van der Waals surface area contributed by atoms with Crippen LogP contribution in [0.5, 0.6) is 0 Å². The first-order valence-corrected chi connectivity index (χ1v) is 15.5. The highest BCUT2D eigenvalue weighted by Gasteiger charge is 2.60. The number of benzene rings is 1. The number of hydrogen-bond donors (Lipinski definition) is 0. The minimum Gasteiger partial charge on any atom is -0.487 e. The Kier molecular flexibility index (Phi) is 7.96. The molecule has 0 bridgehead atoms. The highest BCUT2D eigenvalue weighted by Crippen LogP contribution is 2.68. The molecule has 0 aromatic heterocycles. The Morgan fingerprint density at radius 3 is 2.47 bits per heavy atom. The molecule has 36 heavy (non-hydrogen) atoms. The number of hydrogen-bond acceptors (Lipinski definition) is 1. The third-order valence-electron chi connectivity index (χ3n) is 12.0. The normalized spacial score (nSPS) is 41.1. The van der Waals surface area contributed by atoms with Crippen molar-refractivity contribution in [3.8, 4) is 0 Å². The number of rotatable bonds is 8. The molecule has 4 aliphatic rings. The van der Waals surface area contributed by atoms with Crippen LogP contribution in [0.2, 0.25) is 0 Å².